The number of benzene rings is 2. The zero-order valence-corrected chi connectivity index (χ0v) is 16.9. The molecule has 4 atom stereocenters. The van der Waals surface area contributed by atoms with Gasteiger partial charge in [-0.05, 0) is 24.3 Å². The van der Waals surface area contributed by atoms with Gasteiger partial charge in [-0.1, -0.05) is 24.3 Å². The van der Waals surface area contributed by atoms with Gasteiger partial charge in [-0.15, -0.1) is 0 Å². The molecule has 0 radical (unpaired) electrons. The Morgan fingerprint density at radius 2 is 1.88 bits per heavy atom. The van der Waals surface area contributed by atoms with Crippen LogP contribution in [0.1, 0.15) is 0 Å². The summed E-state index contributed by atoms with van der Waals surface area (Å²) in [5, 5.41) is 30.7. The Labute approximate surface area is 182 Å². The van der Waals surface area contributed by atoms with Crippen molar-refractivity contribution in [3.05, 3.63) is 71.1 Å². The number of para-hydroxylation sites is 1. The Hall–Kier alpha value is -3.30. The number of aliphatic hydroxyl groups is 3. The normalized spacial score (nSPS) is 23.5. The molecule has 164 valence electrons. The Morgan fingerprint density at radius 3 is 2.75 bits per heavy atom. The van der Waals surface area contributed by atoms with Crippen molar-refractivity contribution in [2.75, 3.05) is 13.2 Å². The van der Waals surface area contributed by atoms with Gasteiger partial charge in [0.2, 0.25) is 5.43 Å². The molecule has 0 aliphatic carbocycles. The van der Waals surface area contributed by atoms with Crippen LogP contribution < -0.4 is 10.2 Å². The van der Waals surface area contributed by atoms with Crippen molar-refractivity contribution in [3.63, 3.8) is 0 Å². The van der Waals surface area contributed by atoms with Crippen molar-refractivity contribution in [1.29, 1.82) is 0 Å². The molecule has 4 unspecified atom stereocenters. The van der Waals surface area contributed by atoms with E-state index in [1.807, 2.05) is 30.3 Å². The molecule has 1 saturated heterocycles. The lowest BCUT2D eigenvalue weighted by Gasteiger charge is -2.34. The maximum absolute atomic E-state index is 13.0. The second-order valence-corrected chi connectivity index (χ2v) is 7.76. The number of fused-ring (bicyclic) bond motifs is 2. The first kappa shape index (κ1) is 20.6. The third-order valence-corrected chi connectivity index (χ3v) is 5.64. The van der Waals surface area contributed by atoms with E-state index in [0.717, 1.165) is 10.9 Å². The quantitative estimate of drug-likeness (QED) is 0.444. The molecule has 0 bridgehead atoms. The fourth-order valence-electron chi connectivity index (χ4n) is 3.78. The van der Waals surface area contributed by atoms with Crippen molar-refractivity contribution >= 4 is 21.9 Å². The predicted molar refractivity (Wildman–Crippen MR) is 116 cm³/mol. The van der Waals surface area contributed by atoms with Crippen molar-refractivity contribution < 1.29 is 29.2 Å². The molecule has 1 fully saturated rings. The molecule has 3 heterocycles. The molecular weight excluding hydrogens is 414 g/mol. The van der Waals surface area contributed by atoms with E-state index in [1.165, 1.54) is 6.26 Å². The van der Waals surface area contributed by atoms with Crippen LogP contribution in [-0.4, -0.2) is 57.9 Å². The highest BCUT2D eigenvalue weighted by Crippen LogP contribution is 2.25. The number of nitrogens with zero attached hydrogens (tertiary/aromatic N) is 1. The molecule has 8 heteroatoms. The van der Waals surface area contributed by atoms with E-state index in [-0.39, 0.29) is 18.6 Å². The summed E-state index contributed by atoms with van der Waals surface area (Å²) in [5.41, 5.74) is 1.83. The topological polar surface area (TPSA) is 122 Å². The van der Waals surface area contributed by atoms with E-state index >= 15 is 0 Å². The fraction of sp³-hybridized carbons (Fsp3) is 0.250. The first-order chi connectivity index (χ1) is 15.5. The van der Waals surface area contributed by atoms with Crippen LogP contribution in [0, 0.1) is 0 Å². The van der Waals surface area contributed by atoms with Gasteiger partial charge in [0.1, 0.15) is 48.6 Å². The number of rotatable bonds is 4. The van der Waals surface area contributed by atoms with Gasteiger partial charge in [0.15, 0.2) is 0 Å². The first-order valence-electron chi connectivity index (χ1n) is 10.2. The van der Waals surface area contributed by atoms with Crippen LogP contribution in [0.25, 0.3) is 33.1 Å². The minimum Gasteiger partial charge on any atom is -0.491 e. The Balaban J connectivity index is 1.39. The Morgan fingerprint density at radius 1 is 1.03 bits per heavy atom. The molecule has 32 heavy (non-hydrogen) atoms. The van der Waals surface area contributed by atoms with E-state index in [2.05, 4.69) is 4.98 Å². The summed E-state index contributed by atoms with van der Waals surface area (Å²) in [6, 6.07) is 16.2. The van der Waals surface area contributed by atoms with Crippen LogP contribution in [0.4, 0.5) is 0 Å². The summed E-state index contributed by atoms with van der Waals surface area (Å²) < 4.78 is 16.7. The number of hydrogen-bond acceptors (Lipinski definition) is 8. The third-order valence-electron chi connectivity index (χ3n) is 5.64. The largest absolute Gasteiger partial charge is 0.491 e. The summed E-state index contributed by atoms with van der Waals surface area (Å²) in [6.45, 7) is -0.135. The van der Waals surface area contributed by atoms with Crippen LogP contribution in [0.3, 0.4) is 0 Å². The van der Waals surface area contributed by atoms with Crippen molar-refractivity contribution in [2.24, 2.45) is 0 Å². The van der Waals surface area contributed by atoms with E-state index in [0.29, 0.717) is 28.0 Å². The molecule has 8 nitrogen and oxygen atoms in total. The van der Waals surface area contributed by atoms with Crippen LogP contribution in [0.2, 0.25) is 0 Å². The Kier molecular flexibility index (Phi) is 5.36. The second kappa shape index (κ2) is 8.33. The minimum atomic E-state index is -1.30. The van der Waals surface area contributed by atoms with Crippen LogP contribution in [-0.2, 0) is 4.74 Å². The van der Waals surface area contributed by atoms with Crippen molar-refractivity contribution in [2.45, 2.75) is 24.4 Å². The molecular formula is C24H21NO7. The second-order valence-electron chi connectivity index (χ2n) is 7.76. The van der Waals surface area contributed by atoms with Crippen molar-refractivity contribution in [3.8, 4) is 17.0 Å². The molecule has 5 rings (SSSR count). The SMILES string of the molecule is O=c1c(-c2ccc3ccccc3n2)coc2cc(OCC3OCC(O)C(O)C3O)ccc12. The maximum atomic E-state index is 13.0. The fourth-order valence-corrected chi connectivity index (χ4v) is 3.78. The van der Waals surface area contributed by atoms with Gasteiger partial charge >= 0.3 is 0 Å². The third kappa shape index (κ3) is 3.74. The molecule has 1 aliphatic heterocycles. The number of hydrogen-bond donors (Lipinski definition) is 3. The standard InChI is InChI=1S/C24H21NO7/c26-19-11-32-21(24(29)23(19)28)12-30-14-6-7-15-20(9-14)31-10-16(22(15)27)18-8-5-13-3-1-2-4-17(13)25-18/h1-10,19,21,23-24,26,28-29H,11-12H2. The highest BCUT2D eigenvalue weighted by molar-refractivity contribution is 5.85. The summed E-state index contributed by atoms with van der Waals surface area (Å²) in [7, 11) is 0. The van der Waals surface area contributed by atoms with Crippen LogP contribution in [0.5, 0.6) is 5.75 Å². The average molecular weight is 435 g/mol. The van der Waals surface area contributed by atoms with Gasteiger partial charge in [-0.3, -0.25) is 4.79 Å². The van der Waals surface area contributed by atoms with Gasteiger partial charge in [-0.2, -0.15) is 0 Å². The molecule has 0 saturated carbocycles. The molecule has 2 aromatic carbocycles. The zero-order valence-electron chi connectivity index (χ0n) is 16.9. The number of aliphatic hydroxyl groups excluding tert-OH is 3. The molecule has 0 amide bonds. The average Bonchev–Trinajstić information content (AvgIpc) is 2.82. The molecule has 3 N–H and O–H groups in total. The summed E-state index contributed by atoms with van der Waals surface area (Å²) >= 11 is 0. The summed E-state index contributed by atoms with van der Waals surface area (Å²) in [5.74, 6) is 0.411. The molecule has 1 aliphatic rings. The summed E-state index contributed by atoms with van der Waals surface area (Å²) in [4.78, 5) is 17.6. The number of ether oxygens (including phenoxy) is 2. The minimum absolute atomic E-state index is 0.0419. The molecule has 4 aromatic rings. The van der Waals surface area contributed by atoms with Crippen molar-refractivity contribution in [1.82, 2.24) is 4.98 Å². The lowest BCUT2D eigenvalue weighted by Crippen LogP contribution is -2.54. The monoisotopic (exact) mass is 435 g/mol. The molecule has 2 aromatic heterocycles. The lowest BCUT2D eigenvalue weighted by atomic mass is 10.0. The Bertz CT molecular complexity index is 1330. The predicted octanol–water partition coefficient (Wildman–Crippen LogP) is 1.87. The smallest absolute Gasteiger partial charge is 0.202 e. The lowest BCUT2D eigenvalue weighted by molar-refractivity contribution is -0.193. The molecule has 0 spiro atoms. The maximum Gasteiger partial charge on any atom is 0.202 e. The van der Waals surface area contributed by atoms with E-state index in [1.54, 1.807) is 24.3 Å². The number of pyridine rings is 1. The van der Waals surface area contributed by atoms with Gasteiger partial charge in [0.25, 0.3) is 0 Å². The van der Waals surface area contributed by atoms with E-state index < -0.39 is 24.4 Å². The van der Waals surface area contributed by atoms with Gasteiger partial charge in [0.05, 0.1) is 28.8 Å². The highest BCUT2D eigenvalue weighted by atomic mass is 16.6. The van der Waals surface area contributed by atoms with Crippen LogP contribution >= 0.6 is 0 Å². The van der Waals surface area contributed by atoms with E-state index in [9.17, 15) is 20.1 Å². The first-order valence-corrected chi connectivity index (χ1v) is 10.2. The summed E-state index contributed by atoms with van der Waals surface area (Å²) in [6.07, 6.45) is -3.11. The van der Waals surface area contributed by atoms with E-state index in [4.69, 9.17) is 13.9 Å². The van der Waals surface area contributed by atoms with Gasteiger partial charge in [-0.25, -0.2) is 4.98 Å². The zero-order chi connectivity index (χ0) is 22.2. The van der Waals surface area contributed by atoms with Gasteiger partial charge < -0.3 is 29.2 Å². The van der Waals surface area contributed by atoms with Gasteiger partial charge in [0, 0.05) is 11.5 Å². The van der Waals surface area contributed by atoms with Crippen LogP contribution in [0.15, 0.2) is 70.1 Å². The highest BCUT2D eigenvalue weighted by Gasteiger charge is 2.37. The number of aromatic nitrogens is 1.